The standard InChI is InChI=1S/C31H41N3O.C2H3ClO/c1-20-26-11-12-28-25-10-9-23-17-24(34(4)29(35)22-7-5-21(18-32)6-8-22)13-15-30(23,2)27(25)14-16-31(26,28)19-33(20)3;1-2(3)4/h5-9,20,24-28H,10-17,19H2,1-4H3;1H3. The van der Waals surface area contributed by atoms with Crippen LogP contribution in [0.1, 0.15) is 88.1 Å². The maximum absolute atomic E-state index is 13.2. The van der Waals surface area contributed by atoms with Gasteiger partial charge in [0.2, 0.25) is 5.24 Å². The molecule has 1 saturated heterocycles. The molecule has 39 heavy (non-hydrogen) atoms. The van der Waals surface area contributed by atoms with Crippen molar-refractivity contribution < 1.29 is 9.59 Å². The molecule has 4 aliphatic carbocycles. The van der Waals surface area contributed by atoms with Gasteiger partial charge in [-0.2, -0.15) is 5.26 Å². The van der Waals surface area contributed by atoms with Gasteiger partial charge in [0.15, 0.2) is 0 Å². The van der Waals surface area contributed by atoms with Gasteiger partial charge in [-0.25, -0.2) is 0 Å². The number of carbonyl (C=O) groups excluding carboxylic acids is 2. The van der Waals surface area contributed by atoms with Crippen LogP contribution in [0.15, 0.2) is 35.9 Å². The number of nitrogens with zero attached hydrogens (tertiary/aromatic N) is 3. The summed E-state index contributed by atoms with van der Waals surface area (Å²) in [6.07, 6.45) is 12.9. The van der Waals surface area contributed by atoms with E-state index in [4.69, 9.17) is 5.26 Å². The lowest BCUT2D eigenvalue weighted by molar-refractivity contribution is -0.109. The predicted molar refractivity (Wildman–Crippen MR) is 155 cm³/mol. The zero-order valence-corrected chi connectivity index (χ0v) is 25.0. The first kappa shape index (κ1) is 28.4. The van der Waals surface area contributed by atoms with E-state index in [0.717, 1.165) is 42.6 Å². The smallest absolute Gasteiger partial charge is 0.253 e. The third kappa shape index (κ3) is 4.76. The molecule has 5 aliphatic rings. The zero-order valence-electron chi connectivity index (χ0n) is 24.3. The number of nitriles is 1. The Morgan fingerprint density at radius 2 is 1.74 bits per heavy atom. The van der Waals surface area contributed by atoms with E-state index in [1.165, 1.54) is 52.0 Å². The summed E-state index contributed by atoms with van der Waals surface area (Å²) < 4.78 is 0. The second-order valence-corrected chi connectivity index (χ2v) is 13.9. The van der Waals surface area contributed by atoms with E-state index < -0.39 is 0 Å². The van der Waals surface area contributed by atoms with Crippen molar-refractivity contribution in [3.05, 3.63) is 47.0 Å². The van der Waals surface area contributed by atoms with Crippen LogP contribution < -0.4 is 0 Å². The Kier molecular flexibility index (Phi) is 7.77. The number of benzene rings is 1. The van der Waals surface area contributed by atoms with Crippen LogP contribution in [0.5, 0.6) is 0 Å². The van der Waals surface area contributed by atoms with E-state index in [1.807, 2.05) is 11.9 Å². The maximum atomic E-state index is 13.2. The van der Waals surface area contributed by atoms with E-state index in [9.17, 15) is 9.59 Å². The molecule has 0 bridgehead atoms. The highest BCUT2D eigenvalue weighted by atomic mass is 35.5. The molecule has 5 nitrogen and oxygen atoms in total. The highest BCUT2D eigenvalue weighted by molar-refractivity contribution is 6.62. The van der Waals surface area contributed by atoms with Crippen LogP contribution in [0.25, 0.3) is 0 Å². The van der Waals surface area contributed by atoms with Crippen LogP contribution >= 0.6 is 11.6 Å². The molecule has 1 aromatic carbocycles. The molecule has 1 heterocycles. The van der Waals surface area contributed by atoms with Crippen molar-refractivity contribution in [2.45, 2.75) is 84.2 Å². The number of likely N-dealkylation sites (tertiary alicyclic amines) is 1. The van der Waals surface area contributed by atoms with Crippen molar-refractivity contribution >= 4 is 22.8 Å². The maximum Gasteiger partial charge on any atom is 0.253 e. The fourth-order valence-corrected chi connectivity index (χ4v) is 9.83. The van der Waals surface area contributed by atoms with Gasteiger partial charge in [-0.05, 0) is 136 Å². The Labute approximate surface area is 239 Å². The van der Waals surface area contributed by atoms with E-state index >= 15 is 0 Å². The van der Waals surface area contributed by atoms with Crippen LogP contribution in [0.2, 0.25) is 0 Å². The molecule has 1 amide bonds. The van der Waals surface area contributed by atoms with Crippen molar-refractivity contribution in [2.24, 2.45) is 34.5 Å². The second kappa shape index (κ2) is 10.7. The number of hydrogen-bond donors (Lipinski definition) is 0. The lowest BCUT2D eigenvalue weighted by Crippen LogP contribution is -2.53. The van der Waals surface area contributed by atoms with Gasteiger partial charge in [0, 0.05) is 38.2 Å². The van der Waals surface area contributed by atoms with Gasteiger partial charge >= 0.3 is 0 Å². The van der Waals surface area contributed by atoms with E-state index in [2.05, 4.69) is 49.5 Å². The van der Waals surface area contributed by atoms with Crippen molar-refractivity contribution in [3.63, 3.8) is 0 Å². The van der Waals surface area contributed by atoms with Gasteiger partial charge in [0.25, 0.3) is 5.91 Å². The molecule has 3 saturated carbocycles. The molecule has 6 heteroatoms. The number of hydrogen-bond acceptors (Lipinski definition) is 4. The number of allylic oxidation sites excluding steroid dienone is 1. The monoisotopic (exact) mass is 549 g/mol. The number of fused-ring (bicyclic) bond motifs is 4. The predicted octanol–water partition coefficient (Wildman–Crippen LogP) is 6.66. The second-order valence-electron chi connectivity index (χ2n) is 13.3. The molecule has 8 atom stereocenters. The van der Waals surface area contributed by atoms with E-state index in [-0.39, 0.29) is 17.2 Å². The molecule has 0 aromatic heterocycles. The van der Waals surface area contributed by atoms with Crippen LogP contribution in [-0.2, 0) is 4.79 Å². The third-order valence-corrected chi connectivity index (χ3v) is 11.8. The van der Waals surface area contributed by atoms with Gasteiger partial charge in [-0.1, -0.05) is 18.6 Å². The van der Waals surface area contributed by atoms with Crippen molar-refractivity contribution in [3.8, 4) is 6.07 Å². The summed E-state index contributed by atoms with van der Waals surface area (Å²) in [6, 6.07) is 10.2. The summed E-state index contributed by atoms with van der Waals surface area (Å²) in [5.74, 6) is 3.57. The molecule has 0 N–H and O–H groups in total. The molecule has 1 aliphatic heterocycles. The summed E-state index contributed by atoms with van der Waals surface area (Å²) in [5.41, 5.74) is 3.81. The quantitative estimate of drug-likeness (QED) is 0.305. The Morgan fingerprint density at radius 3 is 2.41 bits per heavy atom. The SMILES string of the molecule is CC(=O)Cl.CC1C2CCC3C4CC=C5CC(N(C)C(=O)c6ccc(C#N)cc6)CCC5(C)C4CCC32CN1C. The zero-order chi connectivity index (χ0) is 28.1. The van der Waals surface area contributed by atoms with Crippen LogP contribution in [0, 0.1) is 45.8 Å². The minimum atomic E-state index is -0.361. The average molecular weight is 550 g/mol. The number of carbonyl (C=O) groups is 2. The summed E-state index contributed by atoms with van der Waals surface area (Å²) in [5, 5.41) is 8.70. The van der Waals surface area contributed by atoms with Gasteiger partial charge in [0.1, 0.15) is 0 Å². The number of halogens is 1. The van der Waals surface area contributed by atoms with Crippen LogP contribution in [0.3, 0.4) is 0 Å². The van der Waals surface area contributed by atoms with Crippen LogP contribution in [0.4, 0.5) is 0 Å². The highest BCUT2D eigenvalue weighted by Gasteiger charge is 2.64. The molecule has 8 unspecified atom stereocenters. The summed E-state index contributed by atoms with van der Waals surface area (Å²) >= 11 is 4.64. The first-order chi connectivity index (χ1) is 18.5. The molecule has 210 valence electrons. The largest absolute Gasteiger partial charge is 0.338 e. The fourth-order valence-electron chi connectivity index (χ4n) is 9.83. The summed E-state index contributed by atoms with van der Waals surface area (Å²) in [7, 11) is 4.33. The van der Waals surface area contributed by atoms with Crippen LogP contribution in [-0.4, -0.2) is 53.7 Å². The first-order valence-corrected chi connectivity index (χ1v) is 15.2. The van der Waals surface area contributed by atoms with Crippen molar-refractivity contribution in [1.82, 2.24) is 9.80 Å². The first-order valence-electron chi connectivity index (χ1n) is 14.8. The normalized spacial score (nSPS) is 38.5. The van der Waals surface area contributed by atoms with Gasteiger partial charge in [-0.15, -0.1) is 0 Å². The lowest BCUT2D eigenvalue weighted by Gasteiger charge is -2.58. The lowest BCUT2D eigenvalue weighted by atomic mass is 9.47. The minimum absolute atomic E-state index is 0.0773. The Bertz CT molecular complexity index is 1180. The van der Waals surface area contributed by atoms with Crippen molar-refractivity contribution in [1.29, 1.82) is 5.26 Å². The van der Waals surface area contributed by atoms with Gasteiger partial charge < -0.3 is 9.80 Å². The molecule has 4 fully saturated rings. The molecular weight excluding hydrogens is 506 g/mol. The minimum Gasteiger partial charge on any atom is -0.338 e. The van der Waals surface area contributed by atoms with Crippen molar-refractivity contribution in [2.75, 3.05) is 20.6 Å². The number of amides is 1. The highest BCUT2D eigenvalue weighted by Crippen LogP contribution is 2.68. The fraction of sp³-hybridized carbons (Fsp3) is 0.667. The third-order valence-electron chi connectivity index (χ3n) is 11.8. The molecule has 1 spiro atoms. The molecule has 0 radical (unpaired) electrons. The molecule has 6 rings (SSSR count). The Balaban J connectivity index is 0.000000723. The Hall–Kier alpha value is -2.16. The molecule has 1 aromatic rings. The van der Waals surface area contributed by atoms with Gasteiger partial charge in [-0.3, -0.25) is 9.59 Å². The van der Waals surface area contributed by atoms with E-state index in [1.54, 1.807) is 29.8 Å². The summed E-state index contributed by atoms with van der Waals surface area (Å²) in [6.45, 7) is 7.67. The average Bonchev–Trinajstić information content (AvgIpc) is 3.40. The van der Waals surface area contributed by atoms with Gasteiger partial charge in [0.05, 0.1) is 11.6 Å². The number of rotatable bonds is 2. The summed E-state index contributed by atoms with van der Waals surface area (Å²) in [4.78, 5) is 27.1. The topological polar surface area (TPSA) is 64.4 Å². The Morgan fingerprint density at radius 1 is 1.08 bits per heavy atom. The molecular formula is C33H44ClN3O2. The van der Waals surface area contributed by atoms with E-state index in [0.29, 0.717) is 22.0 Å².